The van der Waals surface area contributed by atoms with E-state index in [1.165, 1.54) is 6.07 Å². The number of esters is 2. The van der Waals surface area contributed by atoms with Crippen LogP contribution >= 0.6 is 0 Å². The molecule has 0 radical (unpaired) electrons. The monoisotopic (exact) mass is 430 g/mol. The van der Waals surface area contributed by atoms with Crippen LogP contribution < -0.4 is 10.4 Å². The number of carbonyl (C=O) groups excluding carboxylic acids is 2. The van der Waals surface area contributed by atoms with Crippen molar-refractivity contribution < 1.29 is 28.2 Å². The van der Waals surface area contributed by atoms with Gasteiger partial charge in [-0.2, -0.15) is 0 Å². The van der Waals surface area contributed by atoms with Gasteiger partial charge in [-0.05, 0) is 44.9 Å². The molecule has 1 aliphatic rings. The summed E-state index contributed by atoms with van der Waals surface area (Å²) in [4.78, 5) is 37.4. The molecule has 2 aromatic rings. The van der Waals surface area contributed by atoms with E-state index in [1.54, 1.807) is 45.9 Å². The molecular formula is C24H30O7. The van der Waals surface area contributed by atoms with Crippen molar-refractivity contribution in [2.75, 3.05) is 0 Å². The van der Waals surface area contributed by atoms with Crippen LogP contribution in [0.3, 0.4) is 0 Å². The van der Waals surface area contributed by atoms with Gasteiger partial charge in [-0.15, -0.1) is 0 Å². The number of fused-ring (bicyclic) bond motifs is 3. The summed E-state index contributed by atoms with van der Waals surface area (Å²) < 4.78 is 23.4. The Morgan fingerprint density at radius 3 is 2.19 bits per heavy atom. The summed E-state index contributed by atoms with van der Waals surface area (Å²) in [5.41, 5.74) is -0.870. The van der Waals surface area contributed by atoms with E-state index in [9.17, 15) is 14.4 Å². The minimum Gasteiger partial charge on any atom is -0.483 e. The summed E-state index contributed by atoms with van der Waals surface area (Å²) in [6, 6.07) is 6.47. The lowest BCUT2D eigenvalue weighted by Gasteiger charge is -2.43. The Morgan fingerprint density at radius 2 is 1.58 bits per heavy atom. The summed E-state index contributed by atoms with van der Waals surface area (Å²) in [6.07, 6.45) is -0.702. The lowest BCUT2D eigenvalue weighted by atomic mass is 9.87. The van der Waals surface area contributed by atoms with Crippen LogP contribution in [-0.4, -0.2) is 23.6 Å². The van der Waals surface area contributed by atoms with E-state index in [4.69, 9.17) is 18.6 Å². The highest BCUT2D eigenvalue weighted by atomic mass is 16.6. The fraction of sp³-hybridized carbons (Fsp3) is 0.542. The Hall–Kier alpha value is -2.83. The molecule has 0 fully saturated rings. The van der Waals surface area contributed by atoms with E-state index < -0.39 is 35.4 Å². The first kappa shape index (κ1) is 22.8. The van der Waals surface area contributed by atoms with Crippen molar-refractivity contribution in [1.82, 2.24) is 0 Å². The van der Waals surface area contributed by atoms with Crippen LogP contribution in [0.1, 0.15) is 66.1 Å². The minimum atomic E-state index is -0.987. The van der Waals surface area contributed by atoms with Gasteiger partial charge < -0.3 is 18.6 Å². The average molecular weight is 430 g/mol. The van der Waals surface area contributed by atoms with Crippen LogP contribution in [-0.2, 0) is 19.1 Å². The van der Waals surface area contributed by atoms with Crippen molar-refractivity contribution in [2.24, 2.45) is 11.8 Å². The molecule has 1 aliphatic heterocycles. The lowest BCUT2D eigenvalue weighted by Crippen LogP contribution is -2.52. The Morgan fingerprint density at radius 1 is 1.00 bits per heavy atom. The highest BCUT2D eigenvalue weighted by Crippen LogP contribution is 2.46. The molecule has 7 heteroatoms. The smallest absolute Gasteiger partial charge is 0.336 e. The zero-order valence-electron chi connectivity index (χ0n) is 18.9. The zero-order valence-corrected chi connectivity index (χ0v) is 18.9. The number of hydrogen-bond donors (Lipinski definition) is 0. The highest BCUT2D eigenvalue weighted by molar-refractivity contribution is 5.84. The number of benzene rings is 1. The third kappa shape index (κ3) is 4.45. The summed E-state index contributed by atoms with van der Waals surface area (Å²) in [7, 11) is 0. The standard InChI is InChI=1S/C24H30O7/c1-7-13(3)22(26)29-20-18-16(11-9-15-10-12-17(25)28-19(15)18)31-24(5,6)21(20)30-23(27)14(4)8-2/h9-14,20-21H,7-8H2,1-6H3/t13?,14?,20-,21-/m1/s1. The maximum absolute atomic E-state index is 12.8. The van der Waals surface area contributed by atoms with Gasteiger partial charge in [0.15, 0.2) is 12.2 Å². The molecule has 0 saturated carbocycles. The van der Waals surface area contributed by atoms with Gasteiger partial charge in [0.05, 0.1) is 17.4 Å². The van der Waals surface area contributed by atoms with Gasteiger partial charge in [-0.3, -0.25) is 9.59 Å². The normalized spacial score (nSPS) is 21.5. The molecule has 0 bridgehead atoms. The predicted molar refractivity (Wildman–Crippen MR) is 115 cm³/mol. The molecule has 2 heterocycles. The first-order valence-corrected chi connectivity index (χ1v) is 10.8. The SMILES string of the molecule is CCC(C)C(=O)O[C@@H]1c2c(ccc3ccc(=O)oc23)OC(C)(C)[C@@H]1OC(=O)C(C)CC. The van der Waals surface area contributed by atoms with Gasteiger partial charge in [0.25, 0.3) is 0 Å². The largest absolute Gasteiger partial charge is 0.483 e. The van der Waals surface area contributed by atoms with Crippen LogP contribution in [0.2, 0.25) is 0 Å². The molecule has 0 saturated heterocycles. The van der Waals surface area contributed by atoms with Gasteiger partial charge in [-0.1, -0.05) is 27.7 Å². The van der Waals surface area contributed by atoms with E-state index in [1.807, 2.05) is 13.8 Å². The van der Waals surface area contributed by atoms with E-state index in [0.29, 0.717) is 29.5 Å². The Kier molecular flexibility index (Phi) is 6.43. The molecule has 0 spiro atoms. The van der Waals surface area contributed by atoms with E-state index in [-0.39, 0.29) is 17.4 Å². The molecule has 168 valence electrons. The Balaban J connectivity index is 2.18. The minimum absolute atomic E-state index is 0.257. The van der Waals surface area contributed by atoms with Crippen molar-refractivity contribution in [3.63, 3.8) is 0 Å². The Bertz CT molecular complexity index is 1040. The average Bonchev–Trinajstić information content (AvgIpc) is 2.73. The molecule has 1 aromatic carbocycles. The maximum Gasteiger partial charge on any atom is 0.336 e. The fourth-order valence-corrected chi connectivity index (χ4v) is 3.49. The number of carbonyl (C=O) groups is 2. The summed E-state index contributed by atoms with van der Waals surface area (Å²) in [5.74, 6) is -1.07. The van der Waals surface area contributed by atoms with Crippen LogP contribution in [0.25, 0.3) is 11.0 Å². The van der Waals surface area contributed by atoms with Crippen molar-refractivity contribution >= 4 is 22.9 Å². The second-order valence-electron chi connectivity index (χ2n) is 8.69. The number of hydrogen-bond acceptors (Lipinski definition) is 7. The molecule has 2 unspecified atom stereocenters. The second kappa shape index (κ2) is 8.73. The van der Waals surface area contributed by atoms with Crippen molar-refractivity contribution in [2.45, 2.75) is 72.2 Å². The molecule has 31 heavy (non-hydrogen) atoms. The van der Waals surface area contributed by atoms with E-state index >= 15 is 0 Å². The molecule has 0 aliphatic carbocycles. The van der Waals surface area contributed by atoms with Crippen molar-refractivity contribution in [3.05, 3.63) is 40.2 Å². The summed E-state index contributed by atoms with van der Waals surface area (Å²) in [6.45, 7) is 10.9. The third-order valence-electron chi connectivity index (χ3n) is 5.92. The first-order valence-electron chi connectivity index (χ1n) is 10.8. The van der Waals surface area contributed by atoms with Gasteiger partial charge in [-0.25, -0.2) is 4.79 Å². The van der Waals surface area contributed by atoms with Gasteiger partial charge in [0.1, 0.15) is 16.9 Å². The molecule has 3 rings (SSSR count). The van der Waals surface area contributed by atoms with Crippen LogP contribution in [0.4, 0.5) is 0 Å². The van der Waals surface area contributed by atoms with E-state index in [2.05, 4.69) is 0 Å². The van der Waals surface area contributed by atoms with Crippen LogP contribution in [0.5, 0.6) is 5.75 Å². The highest BCUT2D eigenvalue weighted by Gasteiger charge is 2.50. The van der Waals surface area contributed by atoms with Crippen molar-refractivity contribution in [3.8, 4) is 5.75 Å². The molecule has 0 amide bonds. The van der Waals surface area contributed by atoms with Crippen LogP contribution in [0.15, 0.2) is 33.5 Å². The quantitative estimate of drug-likeness (QED) is 0.490. The van der Waals surface area contributed by atoms with Gasteiger partial charge in [0.2, 0.25) is 0 Å². The molecule has 0 N–H and O–H groups in total. The number of rotatable bonds is 6. The second-order valence-corrected chi connectivity index (χ2v) is 8.69. The molecule has 7 nitrogen and oxygen atoms in total. The third-order valence-corrected chi connectivity index (χ3v) is 5.92. The molecular weight excluding hydrogens is 400 g/mol. The number of ether oxygens (including phenoxy) is 3. The van der Waals surface area contributed by atoms with Gasteiger partial charge in [0, 0.05) is 11.5 Å². The van der Waals surface area contributed by atoms with E-state index in [0.717, 1.165) is 0 Å². The van der Waals surface area contributed by atoms with Crippen LogP contribution in [0, 0.1) is 11.8 Å². The lowest BCUT2D eigenvalue weighted by molar-refractivity contribution is -0.194. The maximum atomic E-state index is 12.8. The van der Waals surface area contributed by atoms with Gasteiger partial charge >= 0.3 is 17.6 Å². The molecule has 4 atom stereocenters. The first-order chi connectivity index (χ1) is 14.6. The summed E-state index contributed by atoms with van der Waals surface area (Å²) in [5, 5.41) is 0.651. The predicted octanol–water partition coefficient (Wildman–Crippen LogP) is 4.55. The zero-order chi connectivity index (χ0) is 22.9. The summed E-state index contributed by atoms with van der Waals surface area (Å²) >= 11 is 0. The topological polar surface area (TPSA) is 92.0 Å². The van der Waals surface area contributed by atoms with Crippen molar-refractivity contribution in [1.29, 1.82) is 0 Å². The fourth-order valence-electron chi connectivity index (χ4n) is 3.49. The molecule has 1 aromatic heterocycles. The Labute approximate surface area is 181 Å².